The van der Waals surface area contributed by atoms with Crippen LogP contribution < -0.4 is 26.6 Å². The summed E-state index contributed by atoms with van der Waals surface area (Å²) in [6, 6.07) is 10.4. The van der Waals surface area contributed by atoms with E-state index in [1.54, 1.807) is 36.4 Å². The number of rotatable bonds is 8. The molecule has 0 atom stereocenters. The Morgan fingerprint density at radius 3 is 2.65 bits per heavy atom. The zero-order valence-electron chi connectivity index (χ0n) is 17.2. The van der Waals surface area contributed by atoms with Gasteiger partial charge in [0.1, 0.15) is 11.6 Å². The first-order valence-corrected chi connectivity index (χ1v) is 10.9. The van der Waals surface area contributed by atoms with E-state index in [-0.39, 0.29) is 18.1 Å². The highest BCUT2D eigenvalue weighted by Gasteiger charge is 2.27. The number of nitrogens with two attached hydrogens (primary N) is 1. The van der Waals surface area contributed by atoms with Crippen LogP contribution in [0.5, 0.6) is 5.75 Å². The summed E-state index contributed by atoms with van der Waals surface area (Å²) < 4.78 is 7.12. The van der Waals surface area contributed by atoms with Gasteiger partial charge in [-0.3, -0.25) is 24.0 Å². The lowest BCUT2D eigenvalue weighted by Gasteiger charge is -2.25. The molecule has 0 aliphatic heterocycles. The number of unbranched alkanes of at least 4 members (excludes halogenated alkanes) is 1. The maximum atomic E-state index is 13.4. The molecule has 2 heterocycles. The number of thiophene rings is 1. The fourth-order valence-electron chi connectivity index (χ4n) is 3.20. The van der Waals surface area contributed by atoms with Gasteiger partial charge in [0.05, 0.1) is 22.9 Å². The molecule has 31 heavy (non-hydrogen) atoms. The predicted molar refractivity (Wildman–Crippen MR) is 123 cm³/mol. The van der Waals surface area contributed by atoms with Crippen molar-refractivity contribution in [3.05, 3.63) is 72.0 Å². The van der Waals surface area contributed by atoms with E-state index in [2.05, 4.69) is 4.98 Å². The number of amides is 1. The highest BCUT2D eigenvalue weighted by molar-refractivity contribution is 7.18. The molecule has 0 saturated carbocycles. The van der Waals surface area contributed by atoms with Crippen LogP contribution in [0.2, 0.25) is 4.34 Å². The summed E-state index contributed by atoms with van der Waals surface area (Å²) in [5, 5.41) is 0. The molecule has 0 bridgehead atoms. The number of para-hydroxylation sites is 1. The van der Waals surface area contributed by atoms with E-state index < -0.39 is 17.2 Å². The van der Waals surface area contributed by atoms with Gasteiger partial charge in [-0.15, -0.1) is 11.3 Å². The molecule has 0 aliphatic carbocycles. The third-order valence-corrected chi connectivity index (χ3v) is 5.99. The number of halogens is 1. The Morgan fingerprint density at radius 1 is 1.26 bits per heavy atom. The number of aromatic amines is 1. The number of nitrogens with one attached hydrogen (secondary N) is 1. The minimum atomic E-state index is -0.735. The summed E-state index contributed by atoms with van der Waals surface area (Å²) in [5.74, 6) is 0.0348. The number of nitrogens with zero attached hydrogens (tertiary/aromatic N) is 2. The van der Waals surface area contributed by atoms with Crippen molar-refractivity contribution < 1.29 is 9.53 Å². The van der Waals surface area contributed by atoms with Crippen LogP contribution in [0.1, 0.15) is 35.0 Å². The Balaban J connectivity index is 2.17. The highest BCUT2D eigenvalue weighted by Crippen LogP contribution is 2.29. The molecule has 3 aromatic rings. The molecule has 10 heteroatoms. The smallest absolute Gasteiger partial charge is 0.330 e. The minimum absolute atomic E-state index is 0.0115. The summed E-state index contributed by atoms with van der Waals surface area (Å²) in [5.41, 5.74) is 5.51. The molecule has 3 N–H and O–H groups in total. The molecule has 0 saturated heterocycles. The molecule has 164 valence electrons. The number of ether oxygens (including phenoxy) is 1. The minimum Gasteiger partial charge on any atom is -0.496 e. The number of anilines is 2. The number of H-pyrrole nitrogens is 1. The lowest BCUT2D eigenvalue weighted by molar-refractivity contribution is 0.0988. The van der Waals surface area contributed by atoms with E-state index in [9.17, 15) is 14.4 Å². The van der Waals surface area contributed by atoms with Crippen LogP contribution in [-0.4, -0.2) is 22.6 Å². The third-order valence-electron chi connectivity index (χ3n) is 4.77. The van der Waals surface area contributed by atoms with E-state index in [0.29, 0.717) is 33.5 Å². The number of carbonyl (C=O) groups is 1. The van der Waals surface area contributed by atoms with E-state index in [0.717, 1.165) is 17.8 Å². The molecular formula is C21H23ClN4O4S. The molecule has 0 radical (unpaired) electrons. The van der Waals surface area contributed by atoms with Gasteiger partial charge < -0.3 is 10.5 Å². The van der Waals surface area contributed by atoms with Gasteiger partial charge in [-0.05, 0) is 24.6 Å². The number of hydrogen-bond acceptors (Lipinski definition) is 6. The average Bonchev–Trinajstić information content (AvgIpc) is 3.18. The summed E-state index contributed by atoms with van der Waals surface area (Å²) in [7, 11) is 1.52. The maximum Gasteiger partial charge on any atom is 0.330 e. The molecule has 0 unspecified atom stereocenters. The fraction of sp³-hybridized carbons (Fsp3) is 0.286. The fourth-order valence-corrected chi connectivity index (χ4v) is 4.19. The zero-order valence-corrected chi connectivity index (χ0v) is 18.8. The van der Waals surface area contributed by atoms with Crippen molar-refractivity contribution in [3.8, 4) is 5.75 Å². The Labute approximate surface area is 187 Å². The van der Waals surface area contributed by atoms with E-state index >= 15 is 0 Å². The molecule has 2 aromatic heterocycles. The van der Waals surface area contributed by atoms with Gasteiger partial charge in [0, 0.05) is 12.1 Å². The van der Waals surface area contributed by atoms with Crippen molar-refractivity contribution in [1.82, 2.24) is 9.55 Å². The van der Waals surface area contributed by atoms with Crippen molar-refractivity contribution in [2.24, 2.45) is 0 Å². The number of nitrogen functional groups attached to an aromatic ring is 1. The van der Waals surface area contributed by atoms with Crippen LogP contribution in [0.4, 0.5) is 11.5 Å². The van der Waals surface area contributed by atoms with E-state index in [4.69, 9.17) is 22.1 Å². The predicted octanol–water partition coefficient (Wildman–Crippen LogP) is 3.49. The lowest BCUT2D eigenvalue weighted by atomic mass is 10.1. The van der Waals surface area contributed by atoms with Gasteiger partial charge in [0.15, 0.2) is 5.69 Å². The Bertz CT molecular complexity index is 1200. The molecule has 3 rings (SSSR count). The standard InChI is InChI=1S/C21H23ClN4O4S/c1-3-4-11-25-18(23)17(19(27)24-21(25)29)26(20(28)15-9-10-16(22)31-15)12-13-7-5-6-8-14(13)30-2/h5-10H,3-4,11-12,23H2,1-2H3,(H,24,27,29). The van der Waals surface area contributed by atoms with Crippen molar-refractivity contribution >= 4 is 40.4 Å². The summed E-state index contributed by atoms with van der Waals surface area (Å²) in [6.45, 7) is 2.32. The van der Waals surface area contributed by atoms with Gasteiger partial charge in [0.2, 0.25) is 0 Å². The van der Waals surface area contributed by atoms with Gasteiger partial charge in [-0.25, -0.2) is 4.79 Å². The van der Waals surface area contributed by atoms with Gasteiger partial charge in [-0.1, -0.05) is 43.1 Å². The van der Waals surface area contributed by atoms with Gasteiger partial charge >= 0.3 is 5.69 Å². The van der Waals surface area contributed by atoms with Crippen LogP contribution in [0.15, 0.2) is 46.0 Å². The number of aromatic nitrogens is 2. The summed E-state index contributed by atoms with van der Waals surface area (Å²) >= 11 is 7.11. The Kier molecular flexibility index (Phi) is 7.19. The van der Waals surface area contributed by atoms with Crippen LogP contribution >= 0.6 is 22.9 Å². The van der Waals surface area contributed by atoms with Crippen molar-refractivity contribution in [2.45, 2.75) is 32.9 Å². The average molecular weight is 463 g/mol. The number of benzene rings is 1. The second-order valence-corrected chi connectivity index (χ2v) is 8.52. The number of methoxy groups -OCH3 is 1. The van der Waals surface area contributed by atoms with Gasteiger partial charge in [0.25, 0.3) is 11.5 Å². The summed E-state index contributed by atoms with van der Waals surface area (Å²) in [6.07, 6.45) is 1.52. The van der Waals surface area contributed by atoms with Crippen LogP contribution in [0.25, 0.3) is 0 Å². The largest absolute Gasteiger partial charge is 0.496 e. The van der Waals surface area contributed by atoms with Crippen molar-refractivity contribution in [1.29, 1.82) is 0 Å². The monoisotopic (exact) mass is 462 g/mol. The van der Waals surface area contributed by atoms with Crippen LogP contribution in [0.3, 0.4) is 0 Å². The third kappa shape index (κ3) is 4.83. The second kappa shape index (κ2) is 9.84. The quantitative estimate of drug-likeness (QED) is 0.532. The van der Waals surface area contributed by atoms with Crippen LogP contribution in [-0.2, 0) is 13.1 Å². The molecule has 8 nitrogen and oxygen atoms in total. The molecular weight excluding hydrogens is 440 g/mol. The van der Waals surface area contributed by atoms with Crippen molar-refractivity contribution in [2.75, 3.05) is 17.7 Å². The first kappa shape index (κ1) is 22.6. The topological polar surface area (TPSA) is 110 Å². The van der Waals surface area contributed by atoms with Crippen LogP contribution in [0, 0.1) is 0 Å². The molecule has 1 aromatic carbocycles. The molecule has 0 fully saturated rings. The molecule has 1 amide bonds. The molecule has 0 aliphatic rings. The Morgan fingerprint density at radius 2 is 2.00 bits per heavy atom. The van der Waals surface area contributed by atoms with E-state index in [1.807, 2.05) is 6.92 Å². The molecule has 0 spiro atoms. The Hall–Kier alpha value is -3.04. The number of carbonyl (C=O) groups excluding carboxylic acids is 1. The zero-order chi connectivity index (χ0) is 22.5. The second-order valence-electron chi connectivity index (χ2n) is 6.81. The van der Waals surface area contributed by atoms with Crippen molar-refractivity contribution in [3.63, 3.8) is 0 Å². The van der Waals surface area contributed by atoms with Gasteiger partial charge in [-0.2, -0.15) is 0 Å². The normalized spacial score (nSPS) is 10.8. The SMILES string of the molecule is CCCCn1c(N)c(N(Cc2ccccc2OC)C(=O)c2ccc(Cl)s2)c(=O)[nH]c1=O. The maximum absolute atomic E-state index is 13.4. The first-order valence-electron chi connectivity index (χ1n) is 9.69. The first-order chi connectivity index (χ1) is 14.9. The summed E-state index contributed by atoms with van der Waals surface area (Å²) in [4.78, 5) is 42.5. The lowest BCUT2D eigenvalue weighted by Crippen LogP contribution is -2.40. The van der Waals surface area contributed by atoms with E-state index in [1.165, 1.54) is 16.6 Å². The highest BCUT2D eigenvalue weighted by atomic mass is 35.5. The number of hydrogen-bond donors (Lipinski definition) is 2.